The maximum absolute atomic E-state index is 10.1. The van der Waals surface area contributed by atoms with E-state index in [4.69, 9.17) is 0 Å². The molecule has 0 heterocycles. The van der Waals surface area contributed by atoms with Gasteiger partial charge in [-0.15, -0.1) is 0 Å². The second-order valence-electron chi connectivity index (χ2n) is 3.15. The van der Waals surface area contributed by atoms with Gasteiger partial charge >= 0.3 is 29.6 Å². The van der Waals surface area contributed by atoms with Crippen molar-refractivity contribution in [3.63, 3.8) is 0 Å². The molecule has 3 nitrogen and oxygen atoms in total. The van der Waals surface area contributed by atoms with Crippen LogP contribution < -0.4 is 29.6 Å². The molecule has 0 spiro atoms. The van der Waals surface area contributed by atoms with Gasteiger partial charge in [0.15, 0.2) is 0 Å². The van der Waals surface area contributed by atoms with E-state index in [1.54, 1.807) is 0 Å². The molecule has 12 heavy (non-hydrogen) atoms. The molecule has 68 valence electrons. The van der Waals surface area contributed by atoms with Crippen LogP contribution in [0.4, 0.5) is 0 Å². The zero-order valence-electron chi connectivity index (χ0n) is 8.04. The molecule has 0 aliphatic carbocycles. The topological polar surface area (TPSA) is 57.2 Å². The molecule has 0 fully saturated rings. The molecule has 0 aliphatic heterocycles. The Morgan fingerprint density at radius 2 is 1.75 bits per heavy atom. The van der Waals surface area contributed by atoms with E-state index >= 15 is 0 Å². The molecule has 0 aromatic rings. The third-order valence-electron chi connectivity index (χ3n) is 1.43. The van der Waals surface area contributed by atoms with Crippen LogP contribution in [0, 0.1) is 0 Å². The second kappa shape index (κ2) is 7.52. The summed E-state index contributed by atoms with van der Waals surface area (Å²) in [6, 6.07) is 1.13. The van der Waals surface area contributed by atoms with Gasteiger partial charge in [-0.3, -0.25) is 0 Å². The summed E-state index contributed by atoms with van der Waals surface area (Å²) in [6.07, 6.45) is 1.43. The van der Waals surface area contributed by atoms with Crippen LogP contribution in [0.2, 0.25) is 19.1 Å². The number of rotatable bonds is 5. The van der Waals surface area contributed by atoms with Crippen molar-refractivity contribution in [1.82, 2.24) is 0 Å². The number of hydrogen-bond donors (Lipinski definition) is 0. The molecule has 0 rings (SSSR count). The fraction of sp³-hybridized carbons (Fsp3) is 1.00. The Bertz CT molecular complexity index is 191. The molecule has 0 aromatic heterocycles. The van der Waals surface area contributed by atoms with Crippen LogP contribution in [-0.4, -0.2) is 27.5 Å². The van der Waals surface area contributed by atoms with Gasteiger partial charge in [0.2, 0.25) is 0 Å². The van der Waals surface area contributed by atoms with Crippen molar-refractivity contribution in [3.8, 4) is 0 Å². The first-order valence-electron chi connectivity index (χ1n) is 3.85. The molecular weight excluding hydrogens is 203 g/mol. The Hall–Kier alpha value is 1.13. The van der Waals surface area contributed by atoms with E-state index in [0.717, 1.165) is 12.5 Å². The maximum Gasteiger partial charge on any atom is 1.00 e. The minimum atomic E-state index is -3.96. The summed E-state index contributed by atoms with van der Waals surface area (Å²) in [6.45, 7) is 4.43. The Morgan fingerprint density at radius 3 is 2.08 bits per heavy atom. The molecule has 0 amide bonds. The molecule has 0 bridgehead atoms. The monoisotopic (exact) mass is 218 g/mol. The Labute approximate surface area is 98.6 Å². The number of unbranched alkanes of at least 4 members (excludes halogenated alkanes) is 1. The van der Waals surface area contributed by atoms with Crippen molar-refractivity contribution in [1.29, 1.82) is 0 Å². The molecule has 0 aromatic carbocycles. The summed E-state index contributed by atoms with van der Waals surface area (Å²) < 4.78 is 30.4. The van der Waals surface area contributed by atoms with Crippen LogP contribution in [0.5, 0.6) is 0 Å². The molecule has 0 saturated carbocycles. The molecule has 0 N–H and O–H groups in total. The van der Waals surface area contributed by atoms with Crippen LogP contribution >= 0.6 is 0 Å². The van der Waals surface area contributed by atoms with Crippen molar-refractivity contribution in [2.75, 3.05) is 5.75 Å². The Kier molecular flexibility index (Phi) is 9.78. The summed E-state index contributed by atoms with van der Waals surface area (Å²) in [7, 11) is -4.51. The van der Waals surface area contributed by atoms with Gasteiger partial charge in [0.05, 0.1) is 10.1 Å². The fourth-order valence-electron chi connectivity index (χ4n) is 0.831. The average molecular weight is 218 g/mol. The summed E-state index contributed by atoms with van der Waals surface area (Å²) in [4.78, 5) is 0. The molecular formula is C6H15NaO3SSi. The van der Waals surface area contributed by atoms with E-state index in [-0.39, 0.29) is 35.3 Å². The van der Waals surface area contributed by atoms with Crippen LogP contribution in [0.15, 0.2) is 0 Å². The zero-order chi connectivity index (χ0) is 8.91. The summed E-state index contributed by atoms with van der Waals surface area (Å²) in [5.41, 5.74) is 0. The van der Waals surface area contributed by atoms with Crippen LogP contribution in [0.25, 0.3) is 0 Å². The van der Waals surface area contributed by atoms with Crippen LogP contribution in [0.1, 0.15) is 12.8 Å². The van der Waals surface area contributed by atoms with Crippen LogP contribution in [-0.2, 0) is 10.1 Å². The van der Waals surface area contributed by atoms with E-state index in [0.29, 0.717) is 6.42 Å². The smallest absolute Gasteiger partial charge is 0.748 e. The fourth-order valence-corrected chi connectivity index (χ4v) is 2.49. The predicted molar refractivity (Wildman–Crippen MR) is 47.5 cm³/mol. The van der Waals surface area contributed by atoms with Crippen molar-refractivity contribution >= 4 is 18.9 Å². The van der Waals surface area contributed by atoms with E-state index in [2.05, 4.69) is 13.1 Å². The van der Waals surface area contributed by atoms with Gasteiger partial charge in [-0.25, -0.2) is 8.42 Å². The minimum Gasteiger partial charge on any atom is -0.748 e. The van der Waals surface area contributed by atoms with Crippen molar-refractivity contribution < 1.29 is 42.5 Å². The normalized spacial score (nSPS) is 11.3. The molecule has 0 saturated heterocycles. The molecule has 0 unspecified atom stereocenters. The zero-order valence-corrected chi connectivity index (χ0v) is 12.0. The molecule has 0 aliphatic rings. The minimum absolute atomic E-state index is 0. The van der Waals surface area contributed by atoms with Crippen molar-refractivity contribution in [2.45, 2.75) is 32.0 Å². The van der Waals surface area contributed by atoms with Gasteiger partial charge in [-0.2, -0.15) is 0 Å². The largest absolute Gasteiger partial charge is 1.00 e. The van der Waals surface area contributed by atoms with E-state index in [1.165, 1.54) is 0 Å². The SMILES string of the molecule is C[SiH](C)CCCCS(=O)(=O)[O-].[Na+]. The first-order chi connectivity index (χ1) is 4.92. The van der Waals surface area contributed by atoms with Gasteiger partial charge < -0.3 is 4.55 Å². The van der Waals surface area contributed by atoms with Gasteiger partial charge in [-0.05, 0) is 6.42 Å². The van der Waals surface area contributed by atoms with Gasteiger partial charge in [0, 0.05) is 14.5 Å². The van der Waals surface area contributed by atoms with E-state index in [1.807, 2.05) is 0 Å². The van der Waals surface area contributed by atoms with E-state index < -0.39 is 18.9 Å². The molecule has 0 atom stereocenters. The quantitative estimate of drug-likeness (QED) is 0.299. The Balaban J connectivity index is 0. The number of hydrogen-bond acceptors (Lipinski definition) is 3. The second-order valence-corrected chi connectivity index (χ2v) is 8.04. The molecule has 6 heteroatoms. The third-order valence-corrected chi connectivity index (χ3v) is 3.78. The maximum atomic E-state index is 10.1. The predicted octanol–water partition coefficient (Wildman–Crippen LogP) is -2.20. The average Bonchev–Trinajstić information content (AvgIpc) is 1.78. The summed E-state index contributed by atoms with van der Waals surface area (Å²) >= 11 is 0. The van der Waals surface area contributed by atoms with Gasteiger partial charge in [0.1, 0.15) is 0 Å². The standard InChI is InChI=1S/C6H16O3SSi.Na/c1-11(2)6-4-3-5-10(7,8)9;/h11H,3-6H2,1-2H3,(H,7,8,9);/q;+1/p-1. The summed E-state index contributed by atoms with van der Waals surface area (Å²) in [5.74, 6) is -0.186. The van der Waals surface area contributed by atoms with Crippen molar-refractivity contribution in [2.24, 2.45) is 0 Å². The molecule has 0 radical (unpaired) electrons. The first-order valence-corrected chi connectivity index (χ1v) is 8.55. The van der Waals surface area contributed by atoms with Crippen molar-refractivity contribution in [3.05, 3.63) is 0 Å². The first kappa shape index (κ1) is 15.6. The van der Waals surface area contributed by atoms with E-state index in [9.17, 15) is 13.0 Å². The summed E-state index contributed by atoms with van der Waals surface area (Å²) in [5, 5.41) is 0. The van der Waals surface area contributed by atoms with Gasteiger partial charge in [-0.1, -0.05) is 25.6 Å². The van der Waals surface area contributed by atoms with Crippen LogP contribution in [0.3, 0.4) is 0 Å². The van der Waals surface area contributed by atoms with Gasteiger partial charge in [0.25, 0.3) is 0 Å². The third kappa shape index (κ3) is 13.7. The Morgan fingerprint density at radius 1 is 1.25 bits per heavy atom.